The lowest BCUT2D eigenvalue weighted by Crippen LogP contribution is -2.35. The molecule has 4 N–H and O–H groups in total. The van der Waals surface area contributed by atoms with Gasteiger partial charge in [-0.3, -0.25) is 9.59 Å². The molecule has 0 saturated carbocycles. The third-order valence-corrected chi connectivity index (χ3v) is 6.06. The Morgan fingerprint density at radius 2 is 2.04 bits per heavy atom. The summed E-state index contributed by atoms with van der Waals surface area (Å²) in [7, 11) is -0.585. The number of amides is 2. The number of nitrogens with one attached hydrogen (secondary N) is 2. The van der Waals surface area contributed by atoms with Gasteiger partial charge >= 0.3 is 0 Å². The summed E-state index contributed by atoms with van der Waals surface area (Å²) < 4.78 is 38.7. The molecule has 2 atom stereocenters. The van der Waals surface area contributed by atoms with Crippen molar-refractivity contribution < 1.29 is 22.4 Å². The standard InChI is InChI=1S/C14H19FN4O4S/c1-19(2)24(22,23)9-6-12(17-7-9)14(21)18-8-3-4-11(15)10(5-8)13(16)20/h3-5,9,12,17H,6-7H2,1-2H3,(H2,16,20)(H,18,21). The highest BCUT2D eigenvalue weighted by Gasteiger charge is 2.38. The highest BCUT2D eigenvalue weighted by atomic mass is 32.2. The summed E-state index contributed by atoms with van der Waals surface area (Å²) in [5.41, 5.74) is 4.93. The van der Waals surface area contributed by atoms with Crippen molar-refractivity contribution in [2.75, 3.05) is 26.0 Å². The lowest BCUT2D eigenvalue weighted by molar-refractivity contribution is -0.117. The number of benzene rings is 1. The van der Waals surface area contributed by atoms with Gasteiger partial charge in [-0.1, -0.05) is 0 Å². The van der Waals surface area contributed by atoms with E-state index in [1.54, 1.807) is 0 Å². The average molecular weight is 358 g/mol. The van der Waals surface area contributed by atoms with Crippen molar-refractivity contribution in [3.05, 3.63) is 29.6 Å². The molecule has 1 aliphatic heterocycles. The molecular weight excluding hydrogens is 339 g/mol. The molecule has 2 unspecified atom stereocenters. The van der Waals surface area contributed by atoms with E-state index in [1.165, 1.54) is 20.2 Å². The first-order valence-electron chi connectivity index (χ1n) is 7.18. The van der Waals surface area contributed by atoms with Crippen LogP contribution in [0.25, 0.3) is 0 Å². The third-order valence-electron chi connectivity index (χ3n) is 3.84. The van der Waals surface area contributed by atoms with Crippen molar-refractivity contribution in [1.82, 2.24) is 9.62 Å². The summed E-state index contributed by atoms with van der Waals surface area (Å²) in [4.78, 5) is 23.4. The van der Waals surface area contributed by atoms with Crippen LogP contribution in [0, 0.1) is 5.82 Å². The largest absolute Gasteiger partial charge is 0.366 e. The summed E-state index contributed by atoms with van der Waals surface area (Å²) >= 11 is 0. The van der Waals surface area contributed by atoms with Crippen molar-refractivity contribution in [1.29, 1.82) is 0 Å². The predicted octanol–water partition coefficient (Wildman–Crippen LogP) is -0.515. The molecule has 0 spiro atoms. The molecule has 10 heteroatoms. The fourth-order valence-electron chi connectivity index (χ4n) is 2.45. The Morgan fingerprint density at radius 1 is 1.38 bits per heavy atom. The van der Waals surface area contributed by atoms with Crippen molar-refractivity contribution in [3.63, 3.8) is 0 Å². The molecule has 1 aromatic rings. The van der Waals surface area contributed by atoms with Crippen LogP contribution in [0.5, 0.6) is 0 Å². The van der Waals surface area contributed by atoms with E-state index in [-0.39, 0.29) is 24.2 Å². The molecule has 8 nitrogen and oxygen atoms in total. The Kier molecular flexibility index (Phi) is 5.21. The normalized spacial score (nSPS) is 21.0. The number of halogens is 1. The van der Waals surface area contributed by atoms with E-state index in [4.69, 9.17) is 5.73 Å². The van der Waals surface area contributed by atoms with Gasteiger partial charge in [-0.2, -0.15) is 0 Å². The Hall–Kier alpha value is -2.04. The maximum atomic E-state index is 13.4. The molecule has 1 fully saturated rings. The quantitative estimate of drug-likeness (QED) is 0.654. The number of anilines is 1. The molecule has 132 valence electrons. The molecule has 0 radical (unpaired) electrons. The zero-order valence-electron chi connectivity index (χ0n) is 13.2. The molecular formula is C14H19FN4O4S. The minimum atomic E-state index is -3.46. The number of sulfonamides is 1. The van der Waals surface area contributed by atoms with Gasteiger partial charge in [0.2, 0.25) is 15.9 Å². The second-order valence-corrected chi connectivity index (χ2v) is 8.12. The van der Waals surface area contributed by atoms with Gasteiger partial charge in [0, 0.05) is 26.3 Å². The number of nitrogens with zero attached hydrogens (tertiary/aromatic N) is 1. The van der Waals surface area contributed by atoms with Crippen molar-refractivity contribution in [3.8, 4) is 0 Å². The van der Waals surface area contributed by atoms with Crippen LogP contribution >= 0.6 is 0 Å². The van der Waals surface area contributed by atoms with E-state index in [0.717, 1.165) is 16.4 Å². The summed E-state index contributed by atoms with van der Waals surface area (Å²) in [6, 6.07) is 2.75. The zero-order chi connectivity index (χ0) is 18.1. The van der Waals surface area contributed by atoms with Crippen LogP contribution in [0.15, 0.2) is 18.2 Å². The van der Waals surface area contributed by atoms with Crippen LogP contribution in [0.3, 0.4) is 0 Å². The lowest BCUT2D eigenvalue weighted by Gasteiger charge is -2.16. The van der Waals surface area contributed by atoms with E-state index in [1.807, 2.05) is 0 Å². The topological polar surface area (TPSA) is 122 Å². The van der Waals surface area contributed by atoms with E-state index in [2.05, 4.69) is 10.6 Å². The van der Waals surface area contributed by atoms with Gasteiger partial charge in [0.15, 0.2) is 0 Å². The minimum Gasteiger partial charge on any atom is -0.366 e. The Morgan fingerprint density at radius 3 is 2.62 bits per heavy atom. The van der Waals surface area contributed by atoms with Crippen LogP contribution in [0.4, 0.5) is 10.1 Å². The second-order valence-electron chi connectivity index (χ2n) is 5.69. The molecule has 1 heterocycles. The first kappa shape index (κ1) is 18.3. The van der Waals surface area contributed by atoms with Crippen LogP contribution in [0.1, 0.15) is 16.8 Å². The van der Waals surface area contributed by atoms with Gasteiger partial charge in [-0.05, 0) is 24.6 Å². The Bertz CT molecular complexity index is 766. The fraction of sp³-hybridized carbons (Fsp3) is 0.429. The van der Waals surface area contributed by atoms with E-state index < -0.39 is 38.9 Å². The molecule has 0 bridgehead atoms. The molecule has 2 amide bonds. The molecule has 1 aliphatic rings. The maximum absolute atomic E-state index is 13.4. The van der Waals surface area contributed by atoms with Crippen molar-refractivity contribution >= 4 is 27.5 Å². The molecule has 1 saturated heterocycles. The monoisotopic (exact) mass is 358 g/mol. The Labute approximate surface area is 139 Å². The average Bonchev–Trinajstić information content (AvgIpc) is 2.99. The minimum absolute atomic E-state index is 0.121. The first-order valence-corrected chi connectivity index (χ1v) is 8.68. The number of primary amides is 1. The maximum Gasteiger partial charge on any atom is 0.251 e. The summed E-state index contributed by atoms with van der Waals surface area (Å²) in [5.74, 6) is -2.19. The fourth-order valence-corrected chi connectivity index (χ4v) is 3.79. The van der Waals surface area contributed by atoms with Gasteiger partial charge in [0.1, 0.15) is 5.82 Å². The number of hydrogen-bond acceptors (Lipinski definition) is 5. The summed E-state index contributed by atoms with van der Waals surface area (Å²) in [6.45, 7) is 0.161. The van der Waals surface area contributed by atoms with Gasteiger partial charge in [0.25, 0.3) is 5.91 Å². The number of rotatable bonds is 5. The summed E-state index contributed by atoms with van der Waals surface area (Å²) in [5, 5.41) is 4.68. The van der Waals surface area contributed by atoms with Crippen LogP contribution in [-0.2, 0) is 14.8 Å². The van der Waals surface area contributed by atoms with Gasteiger partial charge in [-0.25, -0.2) is 17.1 Å². The molecule has 1 aromatic carbocycles. The van der Waals surface area contributed by atoms with E-state index in [0.29, 0.717) is 0 Å². The Balaban J connectivity index is 2.07. The number of hydrogen-bond donors (Lipinski definition) is 3. The molecule has 0 aromatic heterocycles. The van der Waals surface area contributed by atoms with E-state index in [9.17, 15) is 22.4 Å². The molecule has 24 heavy (non-hydrogen) atoms. The highest BCUT2D eigenvalue weighted by molar-refractivity contribution is 7.89. The van der Waals surface area contributed by atoms with Gasteiger partial charge < -0.3 is 16.4 Å². The summed E-state index contributed by atoms with van der Waals surface area (Å²) in [6.07, 6.45) is 0.121. The second kappa shape index (κ2) is 6.83. The third kappa shape index (κ3) is 3.71. The van der Waals surface area contributed by atoms with Gasteiger partial charge in [0.05, 0.1) is 16.9 Å². The van der Waals surface area contributed by atoms with Crippen molar-refractivity contribution in [2.45, 2.75) is 17.7 Å². The smallest absolute Gasteiger partial charge is 0.251 e. The van der Waals surface area contributed by atoms with Crippen LogP contribution < -0.4 is 16.4 Å². The number of carbonyl (C=O) groups excluding carboxylic acids is 2. The molecule has 0 aliphatic carbocycles. The predicted molar refractivity (Wildman–Crippen MR) is 86.4 cm³/mol. The zero-order valence-corrected chi connectivity index (χ0v) is 14.1. The van der Waals surface area contributed by atoms with Crippen LogP contribution in [0.2, 0.25) is 0 Å². The van der Waals surface area contributed by atoms with Crippen molar-refractivity contribution in [2.24, 2.45) is 5.73 Å². The lowest BCUT2D eigenvalue weighted by atomic mass is 10.1. The first-order chi connectivity index (χ1) is 11.1. The molecule has 2 rings (SSSR count). The number of carbonyl (C=O) groups is 2. The van der Waals surface area contributed by atoms with E-state index >= 15 is 0 Å². The van der Waals surface area contributed by atoms with Gasteiger partial charge in [-0.15, -0.1) is 0 Å². The number of nitrogens with two attached hydrogens (primary N) is 1. The highest BCUT2D eigenvalue weighted by Crippen LogP contribution is 2.19. The SMILES string of the molecule is CN(C)S(=O)(=O)C1CNC(C(=O)Nc2ccc(F)c(C(N)=O)c2)C1. The van der Waals surface area contributed by atoms with Crippen LogP contribution in [-0.4, -0.2) is 56.5 Å².